The Morgan fingerprint density at radius 1 is 1.16 bits per heavy atom. The molecule has 1 aliphatic rings. The second-order valence-electron chi connectivity index (χ2n) is 5.32. The van der Waals surface area contributed by atoms with Crippen molar-refractivity contribution in [1.29, 1.82) is 0 Å². The third-order valence-electron chi connectivity index (χ3n) is 4.09. The van der Waals surface area contributed by atoms with Crippen LogP contribution in [0.2, 0.25) is 0 Å². The zero-order chi connectivity index (χ0) is 19.0. The number of carbonyl (C=O) groups is 4. The molecule has 0 amide bonds. The van der Waals surface area contributed by atoms with Gasteiger partial charge in [0.2, 0.25) is 11.6 Å². The van der Waals surface area contributed by atoms with Gasteiger partial charge in [0.05, 0.1) is 36.6 Å². The summed E-state index contributed by atoms with van der Waals surface area (Å²) in [5, 5.41) is 9.43. The van der Waals surface area contributed by atoms with E-state index in [-0.39, 0.29) is 39.4 Å². The lowest BCUT2D eigenvalue weighted by Gasteiger charge is -2.16. The number of carboxylic acids is 1. The van der Waals surface area contributed by atoms with Crippen LogP contribution < -0.4 is 0 Å². The van der Waals surface area contributed by atoms with Crippen molar-refractivity contribution in [1.82, 2.24) is 4.57 Å². The summed E-state index contributed by atoms with van der Waals surface area (Å²) in [6, 6.07) is 0. The van der Waals surface area contributed by atoms with Crippen molar-refractivity contribution in [3.63, 3.8) is 0 Å². The largest absolute Gasteiger partial charge is 0.492 e. The van der Waals surface area contributed by atoms with Gasteiger partial charge in [-0.15, -0.1) is 0 Å². The van der Waals surface area contributed by atoms with E-state index in [1.165, 1.54) is 38.6 Å². The van der Waals surface area contributed by atoms with Crippen LogP contribution in [-0.2, 0) is 21.3 Å². The number of fused-ring (bicyclic) bond motifs is 1. The average Bonchev–Trinajstić information content (AvgIpc) is 2.87. The van der Waals surface area contributed by atoms with Crippen molar-refractivity contribution in [3.8, 4) is 0 Å². The highest BCUT2D eigenvalue weighted by atomic mass is 16.5. The van der Waals surface area contributed by atoms with Gasteiger partial charge >= 0.3 is 11.9 Å². The Labute approximate surface area is 143 Å². The Bertz CT molecular complexity index is 883. The van der Waals surface area contributed by atoms with E-state index in [0.717, 1.165) is 7.11 Å². The number of hydrogen-bond donors (Lipinski definition) is 1. The molecule has 0 unspecified atom stereocenters. The van der Waals surface area contributed by atoms with Crippen LogP contribution in [0.25, 0.3) is 5.57 Å². The molecule has 1 aromatic rings. The number of aromatic nitrogens is 1. The number of methoxy groups -OCH3 is 2. The van der Waals surface area contributed by atoms with Gasteiger partial charge in [-0.3, -0.25) is 9.59 Å². The minimum atomic E-state index is -1.30. The molecule has 2 rings (SSSR count). The normalized spacial score (nSPS) is 14.5. The number of allylic oxidation sites excluding steroid dienone is 3. The van der Waals surface area contributed by atoms with Crippen LogP contribution in [0, 0.1) is 0 Å². The van der Waals surface area contributed by atoms with Crippen molar-refractivity contribution < 1.29 is 33.8 Å². The number of hydrogen-bond acceptors (Lipinski definition) is 6. The van der Waals surface area contributed by atoms with Gasteiger partial charge in [0.15, 0.2) is 5.76 Å². The number of Topliss-reactive ketones (excluding diaryl/α,β-unsaturated/α-hetero) is 2. The van der Waals surface area contributed by atoms with E-state index in [1.54, 1.807) is 0 Å². The highest BCUT2D eigenvalue weighted by Crippen LogP contribution is 2.36. The second kappa shape index (κ2) is 6.39. The molecule has 1 aromatic heterocycles. The standard InChI is InChI=1S/C17H17NO7/c1-6-8(16(21)22)11-10(17(23)25-5)9-12(18(11)3)13(19)7(2)15(24-4)14(9)20/h6H,1-5H3,(H,21,22). The van der Waals surface area contributed by atoms with Crippen LogP contribution in [0.1, 0.15) is 50.7 Å². The molecule has 0 atom stereocenters. The van der Waals surface area contributed by atoms with Crippen molar-refractivity contribution in [2.75, 3.05) is 14.2 Å². The third-order valence-corrected chi connectivity index (χ3v) is 4.09. The first kappa shape index (κ1) is 18.2. The molecule has 0 radical (unpaired) electrons. The first-order valence-electron chi connectivity index (χ1n) is 7.28. The summed E-state index contributed by atoms with van der Waals surface area (Å²) in [4.78, 5) is 49.3. The van der Waals surface area contributed by atoms with E-state index in [4.69, 9.17) is 9.47 Å². The van der Waals surface area contributed by atoms with Crippen LogP contribution in [0.5, 0.6) is 0 Å². The number of aliphatic carboxylic acids is 1. The number of carboxylic acid groups (broad SMARTS) is 1. The lowest BCUT2D eigenvalue weighted by molar-refractivity contribution is -0.130. The number of ketones is 2. The molecule has 8 heteroatoms. The van der Waals surface area contributed by atoms with Gasteiger partial charge in [-0.1, -0.05) is 6.08 Å². The fourth-order valence-electron chi connectivity index (χ4n) is 2.96. The quantitative estimate of drug-likeness (QED) is 0.650. The van der Waals surface area contributed by atoms with Crippen molar-refractivity contribution in [2.45, 2.75) is 13.8 Å². The minimum Gasteiger partial charge on any atom is -0.492 e. The molecule has 132 valence electrons. The Balaban J connectivity index is 2.99. The van der Waals surface area contributed by atoms with Crippen LogP contribution in [-0.4, -0.2) is 47.4 Å². The molecule has 0 saturated carbocycles. The molecule has 1 N–H and O–H groups in total. The maximum atomic E-state index is 12.8. The van der Waals surface area contributed by atoms with Crippen LogP contribution in [0.15, 0.2) is 17.4 Å². The molecule has 1 heterocycles. The molecule has 1 aliphatic carbocycles. The molecule has 0 fully saturated rings. The van der Waals surface area contributed by atoms with Gasteiger partial charge in [-0.25, -0.2) is 9.59 Å². The summed E-state index contributed by atoms with van der Waals surface area (Å²) < 4.78 is 11.0. The van der Waals surface area contributed by atoms with E-state index in [2.05, 4.69) is 0 Å². The minimum absolute atomic E-state index is 0.0701. The molecule has 0 aromatic carbocycles. The van der Waals surface area contributed by atoms with Crippen LogP contribution >= 0.6 is 0 Å². The fourth-order valence-corrected chi connectivity index (χ4v) is 2.96. The number of ether oxygens (including phenoxy) is 2. The van der Waals surface area contributed by atoms with Crippen molar-refractivity contribution in [2.24, 2.45) is 7.05 Å². The van der Waals surface area contributed by atoms with Gasteiger partial charge in [-0.2, -0.15) is 0 Å². The lowest BCUT2D eigenvalue weighted by atomic mass is 9.91. The first-order chi connectivity index (χ1) is 11.7. The maximum absolute atomic E-state index is 12.8. The molecule has 0 aliphatic heterocycles. The average molecular weight is 347 g/mol. The fraction of sp³-hybridized carbons (Fsp3) is 0.294. The first-order valence-corrected chi connectivity index (χ1v) is 7.28. The molecule has 25 heavy (non-hydrogen) atoms. The zero-order valence-corrected chi connectivity index (χ0v) is 14.4. The SMILES string of the molecule is CC=C(C(=O)O)c1c(C(=O)OC)c2c(n1C)C(=O)C(C)=C(OC)C2=O. The van der Waals surface area contributed by atoms with Crippen molar-refractivity contribution >= 4 is 29.1 Å². The predicted octanol–water partition coefficient (Wildman–Crippen LogP) is 1.60. The van der Waals surface area contributed by atoms with Gasteiger partial charge < -0.3 is 19.1 Å². The maximum Gasteiger partial charge on any atom is 0.340 e. The van der Waals surface area contributed by atoms with Gasteiger partial charge in [0, 0.05) is 12.6 Å². The van der Waals surface area contributed by atoms with E-state index in [9.17, 15) is 24.3 Å². The summed E-state index contributed by atoms with van der Waals surface area (Å²) in [6.07, 6.45) is 1.28. The topological polar surface area (TPSA) is 112 Å². The summed E-state index contributed by atoms with van der Waals surface area (Å²) in [5.41, 5.74) is -0.762. The molecular weight excluding hydrogens is 330 g/mol. The number of nitrogens with zero attached hydrogens (tertiary/aromatic N) is 1. The lowest BCUT2D eigenvalue weighted by Crippen LogP contribution is -2.24. The molecule has 8 nitrogen and oxygen atoms in total. The van der Waals surface area contributed by atoms with Crippen LogP contribution in [0.4, 0.5) is 0 Å². The highest BCUT2D eigenvalue weighted by molar-refractivity contribution is 6.30. The van der Waals surface area contributed by atoms with E-state index in [1.807, 2.05) is 0 Å². The molecule has 0 bridgehead atoms. The monoisotopic (exact) mass is 347 g/mol. The number of carbonyl (C=O) groups excluding carboxylic acids is 3. The summed E-state index contributed by atoms with van der Waals surface area (Å²) >= 11 is 0. The van der Waals surface area contributed by atoms with Crippen molar-refractivity contribution in [3.05, 3.63) is 39.9 Å². The highest BCUT2D eigenvalue weighted by Gasteiger charge is 2.41. The van der Waals surface area contributed by atoms with Gasteiger partial charge in [-0.05, 0) is 13.8 Å². The van der Waals surface area contributed by atoms with E-state index < -0.39 is 23.5 Å². The van der Waals surface area contributed by atoms with E-state index in [0.29, 0.717) is 0 Å². The second-order valence-corrected chi connectivity index (χ2v) is 5.32. The zero-order valence-electron chi connectivity index (χ0n) is 14.4. The number of esters is 1. The Morgan fingerprint density at radius 2 is 1.76 bits per heavy atom. The Morgan fingerprint density at radius 3 is 2.20 bits per heavy atom. The Hall–Kier alpha value is -3.16. The summed E-state index contributed by atoms with van der Waals surface area (Å²) in [5.74, 6) is -3.59. The van der Waals surface area contributed by atoms with E-state index >= 15 is 0 Å². The third kappa shape index (κ3) is 2.46. The van der Waals surface area contributed by atoms with Crippen LogP contribution in [0.3, 0.4) is 0 Å². The summed E-state index contributed by atoms with van der Waals surface area (Å²) in [6.45, 7) is 2.91. The Kier molecular flexibility index (Phi) is 4.64. The molecular formula is C17H17NO7. The number of rotatable bonds is 4. The predicted molar refractivity (Wildman–Crippen MR) is 86.4 cm³/mol. The molecule has 0 spiro atoms. The summed E-state index contributed by atoms with van der Waals surface area (Å²) in [7, 11) is 3.77. The smallest absolute Gasteiger partial charge is 0.340 e. The van der Waals surface area contributed by atoms with Gasteiger partial charge in [0.25, 0.3) is 0 Å². The molecule has 0 saturated heterocycles. The van der Waals surface area contributed by atoms with Gasteiger partial charge in [0.1, 0.15) is 5.69 Å².